The molecule has 1 aromatic heterocycles. The van der Waals surface area contributed by atoms with E-state index in [-0.39, 0.29) is 20.5 Å². The van der Waals surface area contributed by atoms with Gasteiger partial charge in [-0.2, -0.15) is 0 Å². The van der Waals surface area contributed by atoms with Crippen LogP contribution in [0.1, 0.15) is 15.9 Å². The molecule has 2 N–H and O–H groups in total. The van der Waals surface area contributed by atoms with Crippen molar-refractivity contribution >= 4 is 60.5 Å². The molecular formula is C12H9BrClNO4S2. The molecule has 21 heavy (non-hydrogen) atoms. The third-order valence-electron chi connectivity index (χ3n) is 2.56. The lowest BCUT2D eigenvalue weighted by Gasteiger charge is -2.09. The van der Waals surface area contributed by atoms with Crippen molar-refractivity contribution < 1.29 is 18.3 Å². The predicted octanol–water partition coefficient (Wildman–Crippen LogP) is 3.97. The summed E-state index contributed by atoms with van der Waals surface area (Å²) in [6.07, 6.45) is 0. The minimum Gasteiger partial charge on any atom is -0.478 e. The molecule has 0 saturated heterocycles. The van der Waals surface area contributed by atoms with Gasteiger partial charge in [0, 0.05) is 0 Å². The predicted molar refractivity (Wildman–Crippen MR) is 86.0 cm³/mol. The molecule has 112 valence electrons. The topological polar surface area (TPSA) is 83.5 Å². The van der Waals surface area contributed by atoms with E-state index < -0.39 is 16.0 Å². The Morgan fingerprint density at radius 2 is 2.05 bits per heavy atom. The number of rotatable bonds is 4. The Morgan fingerprint density at radius 3 is 2.57 bits per heavy atom. The number of thiophene rings is 1. The molecule has 0 amide bonds. The number of carbonyl (C=O) groups is 1. The van der Waals surface area contributed by atoms with Gasteiger partial charge in [0.1, 0.15) is 4.21 Å². The molecule has 0 radical (unpaired) electrons. The number of carboxylic acid groups (broad SMARTS) is 1. The summed E-state index contributed by atoms with van der Waals surface area (Å²) >= 11 is 10.2. The number of benzene rings is 1. The number of carboxylic acids is 1. The van der Waals surface area contributed by atoms with Crippen LogP contribution >= 0.6 is 38.9 Å². The van der Waals surface area contributed by atoms with E-state index in [4.69, 9.17) is 16.7 Å². The highest BCUT2D eigenvalue weighted by Gasteiger charge is 2.20. The fourth-order valence-electron chi connectivity index (χ4n) is 1.50. The largest absolute Gasteiger partial charge is 0.478 e. The van der Waals surface area contributed by atoms with E-state index in [2.05, 4.69) is 20.7 Å². The van der Waals surface area contributed by atoms with Crippen molar-refractivity contribution in [2.45, 2.75) is 11.1 Å². The van der Waals surface area contributed by atoms with Crippen molar-refractivity contribution in [3.63, 3.8) is 0 Å². The molecule has 0 spiro atoms. The smallest absolute Gasteiger partial charge is 0.335 e. The van der Waals surface area contributed by atoms with Gasteiger partial charge in [-0.1, -0.05) is 11.6 Å². The fraction of sp³-hybridized carbons (Fsp3) is 0.0833. The summed E-state index contributed by atoms with van der Waals surface area (Å²) in [6, 6.07) is 5.33. The quantitative estimate of drug-likeness (QED) is 0.799. The average Bonchev–Trinajstić information content (AvgIpc) is 2.73. The third kappa shape index (κ3) is 3.57. The second kappa shape index (κ2) is 5.96. The van der Waals surface area contributed by atoms with Crippen LogP contribution in [0.25, 0.3) is 0 Å². The zero-order valence-electron chi connectivity index (χ0n) is 10.6. The zero-order chi connectivity index (χ0) is 15.8. The summed E-state index contributed by atoms with van der Waals surface area (Å²) < 4.78 is 27.7. The summed E-state index contributed by atoms with van der Waals surface area (Å²) in [5.41, 5.74) is 0.769. The van der Waals surface area contributed by atoms with Gasteiger partial charge < -0.3 is 5.11 Å². The van der Waals surface area contributed by atoms with E-state index in [9.17, 15) is 13.2 Å². The highest BCUT2D eigenvalue weighted by atomic mass is 79.9. The molecule has 0 aliphatic carbocycles. The van der Waals surface area contributed by atoms with Crippen LogP contribution in [0.2, 0.25) is 5.02 Å². The second-order valence-electron chi connectivity index (χ2n) is 4.13. The van der Waals surface area contributed by atoms with Gasteiger partial charge in [-0.05, 0) is 52.7 Å². The Labute approximate surface area is 138 Å². The lowest BCUT2D eigenvalue weighted by Crippen LogP contribution is -2.12. The van der Waals surface area contributed by atoms with Gasteiger partial charge >= 0.3 is 5.97 Å². The Bertz CT molecular complexity index is 797. The van der Waals surface area contributed by atoms with Crippen molar-refractivity contribution in [1.29, 1.82) is 0 Å². The summed E-state index contributed by atoms with van der Waals surface area (Å²) in [5.74, 6) is -1.16. The number of sulfonamides is 1. The molecular weight excluding hydrogens is 402 g/mol. The van der Waals surface area contributed by atoms with E-state index in [1.54, 1.807) is 6.92 Å². The Kier molecular flexibility index (Phi) is 4.62. The molecule has 0 aliphatic heterocycles. The Balaban J connectivity index is 2.41. The van der Waals surface area contributed by atoms with Crippen molar-refractivity contribution in [3.8, 4) is 0 Å². The number of halogens is 2. The number of aromatic carboxylic acids is 1. The number of hydrogen-bond donors (Lipinski definition) is 2. The van der Waals surface area contributed by atoms with E-state index in [0.717, 1.165) is 16.9 Å². The van der Waals surface area contributed by atoms with Crippen LogP contribution in [0, 0.1) is 6.92 Å². The molecule has 5 nitrogen and oxygen atoms in total. The maximum atomic E-state index is 12.3. The number of hydrogen-bond acceptors (Lipinski definition) is 4. The first-order valence-corrected chi connectivity index (χ1v) is 8.99. The summed E-state index contributed by atoms with van der Waals surface area (Å²) in [4.78, 5) is 10.9. The number of aryl methyl sites for hydroxylation is 1. The molecule has 0 saturated carbocycles. The van der Waals surface area contributed by atoms with Crippen molar-refractivity contribution in [3.05, 3.63) is 44.2 Å². The monoisotopic (exact) mass is 409 g/mol. The van der Waals surface area contributed by atoms with Crippen molar-refractivity contribution in [2.24, 2.45) is 0 Å². The van der Waals surface area contributed by atoms with Gasteiger partial charge in [0.25, 0.3) is 10.0 Å². The molecule has 0 bridgehead atoms. The normalized spacial score (nSPS) is 11.4. The van der Waals surface area contributed by atoms with Gasteiger partial charge in [-0.3, -0.25) is 4.72 Å². The fourth-order valence-corrected chi connectivity index (χ4v) is 5.01. The molecule has 1 aromatic carbocycles. The Morgan fingerprint density at radius 1 is 1.38 bits per heavy atom. The molecule has 0 atom stereocenters. The minimum absolute atomic E-state index is 0.0266. The van der Waals surface area contributed by atoms with Gasteiger partial charge in [0.05, 0.1) is 20.1 Å². The summed E-state index contributed by atoms with van der Waals surface area (Å²) in [6.45, 7) is 1.78. The molecule has 0 unspecified atom stereocenters. The van der Waals surface area contributed by atoms with Crippen LogP contribution in [0.15, 0.2) is 32.3 Å². The van der Waals surface area contributed by atoms with Gasteiger partial charge in [0.15, 0.2) is 0 Å². The SMILES string of the molecule is Cc1cc(S(=O)(=O)Nc2cc(C(=O)O)ccc2Cl)sc1Br. The van der Waals surface area contributed by atoms with Gasteiger partial charge in [-0.25, -0.2) is 13.2 Å². The van der Waals surface area contributed by atoms with E-state index in [1.165, 1.54) is 24.3 Å². The lowest BCUT2D eigenvalue weighted by molar-refractivity contribution is 0.0697. The first-order chi connectivity index (χ1) is 9.70. The van der Waals surface area contributed by atoms with E-state index in [0.29, 0.717) is 3.79 Å². The van der Waals surface area contributed by atoms with E-state index >= 15 is 0 Å². The minimum atomic E-state index is -3.82. The second-order valence-corrected chi connectivity index (χ2v) is 8.81. The summed E-state index contributed by atoms with van der Waals surface area (Å²) in [5, 5.41) is 9.05. The molecule has 2 rings (SSSR count). The first kappa shape index (κ1) is 16.3. The molecule has 9 heteroatoms. The highest BCUT2D eigenvalue weighted by Crippen LogP contribution is 2.33. The first-order valence-electron chi connectivity index (χ1n) is 5.52. The number of nitrogens with one attached hydrogen (secondary N) is 1. The van der Waals surface area contributed by atoms with Crippen molar-refractivity contribution in [2.75, 3.05) is 4.72 Å². The van der Waals surface area contributed by atoms with Crippen molar-refractivity contribution in [1.82, 2.24) is 0 Å². The number of anilines is 1. The maximum absolute atomic E-state index is 12.3. The average molecular weight is 411 g/mol. The third-order valence-corrected chi connectivity index (χ3v) is 6.86. The molecule has 0 aliphatic rings. The Hall–Kier alpha value is -1.09. The highest BCUT2D eigenvalue weighted by molar-refractivity contribution is 9.11. The molecule has 0 fully saturated rings. The van der Waals surface area contributed by atoms with Crippen LogP contribution in [0.5, 0.6) is 0 Å². The summed E-state index contributed by atoms with van der Waals surface area (Å²) in [7, 11) is -3.82. The van der Waals surface area contributed by atoms with Gasteiger partial charge in [0.2, 0.25) is 0 Å². The van der Waals surface area contributed by atoms with Crippen LogP contribution < -0.4 is 4.72 Å². The molecule has 1 heterocycles. The van der Waals surface area contributed by atoms with Gasteiger partial charge in [-0.15, -0.1) is 11.3 Å². The van der Waals surface area contributed by atoms with Crippen LogP contribution in [-0.4, -0.2) is 19.5 Å². The molecule has 2 aromatic rings. The van der Waals surface area contributed by atoms with Crippen LogP contribution in [0.3, 0.4) is 0 Å². The van der Waals surface area contributed by atoms with Crippen LogP contribution in [0.4, 0.5) is 5.69 Å². The van der Waals surface area contributed by atoms with Crippen LogP contribution in [-0.2, 0) is 10.0 Å². The zero-order valence-corrected chi connectivity index (χ0v) is 14.5. The lowest BCUT2D eigenvalue weighted by atomic mass is 10.2. The van der Waals surface area contributed by atoms with E-state index in [1.807, 2.05) is 0 Å². The standard InChI is InChI=1S/C12H9BrClNO4S2/c1-6-4-10(20-11(6)13)21(18,19)15-9-5-7(12(16)17)2-3-8(9)14/h2-5,15H,1H3,(H,16,17). The maximum Gasteiger partial charge on any atom is 0.335 e.